The molecular weight excluding hydrogens is 397 g/mol. The molecule has 0 amide bonds. The van der Waals surface area contributed by atoms with Gasteiger partial charge in [0.05, 0.1) is 10.2 Å². The smallest absolute Gasteiger partial charge is 0.191 e. The Morgan fingerprint density at radius 2 is 2.14 bits per heavy atom. The molecule has 0 bridgehead atoms. The van der Waals surface area contributed by atoms with Crippen LogP contribution < -0.4 is 16.0 Å². The summed E-state index contributed by atoms with van der Waals surface area (Å²) in [7, 11) is 1.75. The Hall–Kier alpha value is -1.35. The number of benzene rings is 1. The highest BCUT2D eigenvalue weighted by atomic mass is 127. The summed E-state index contributed by atoms with van der Waals surface area (Å²) < 4.78 is 1.20. The zero-order valence-electron chi connectivity index (χ0n) is 11.9. The van der Waals surface area contributed by atoms with Gasteiger partial charge in [0.25, 0.3) is 0 Å². The zero-order valence-corrected chi connectivity index (χ0v) is 15.1. The van der Waals surface area contributed by atoms with Crippen LogP contribution in [0.3, 0.4) is 0 Å². The number of para-hydroxylation sites is 1. The van der Waals surface area contributed by atoms with Crippen LogP contribution in [-0.2, 0) is 0 Å². The number of hydrogen-bond donors (Lipinski definition) is 3. The van der Waals surface area contributed by atoms with E-state index < -0.39 is 0 Å². The maximum atomic E-state index is 4.52. The van der Waals surface area contributed by atoms with Gasteiger partial charge in [-0.2, -0.15) is 0 Å². The summed E-state index contributed by atoms with van der Waals surface area (Å²) in [5.74, 6) is 0.774. The first-order valence-corrected chi connectivity index (χ1v) is 7.30. The van der Waals surface area contributed by atoms with E-state index in [4.69, 9.17) is 0 Å². The van der Waals surface area contributed by atoms with Gasteiger partial charge in [-0.25, -0.2) is 4.98 Å². The lowest BCUT2D eigenvalue weighted by Crippen LogP contribution is -2.39. The van der Waals surface area contributed by atoms with Crippen LogP contribution in [-0.4, -0.2) is 37.6 Å². The predicted octanol–water partition coefficient (Wildman–Crippen LogP) is 2.68. The SMILES string of the molecule is C=CCNC(=NC)NCCNc1nc2ccccc2s1.I. The molecule has 0 aliphatic heterocycles. The van der Waals surface area contributed by atoms with Crippen molar-refractivity contribution in [3.63, 3.8) is 0 Å². The lowest BCUT2D eigenvalue weighted by atomic mass is 10.3. The number of anilines is 1. The van der Waals surface area contributed by atoms with Crippen LogP contribution in [0, 0.1) is 0 Å². The van der Waals surface area contributed by atoms with Crippen LogP contribution in [0.4, 0.5) is 5.13 Å². The maximum absolute atomic E-state index is 4.52. The number of aliphatic imine (C=N–C) groups is 1. The lowest BCUT2D eigenvalue weighted by molar-refractivity contribution is 0.849. The Kier molecular flexibility index (Phi) is 8.06. The largest absolute Gasteiger partial charge is 0.360 e. The van der Waals surface area contributed by atoms with E-state index >= 15 is 0 Å². The molecule has 2 rings (SSSR count). The molecule has 21 heavy (non-hydrogen) atoms. The summed E-state index contributed by atoms with van der Waals surface area (Å²) in [6.07, 6.45) is 1.80. The molecule has 0 spiro atoms. The number of aromatic nitrogens is 1. The maximum Gasteiger partial charge on any atom is 0.191 e. The van der Waals surface area contributed by atoms with Gasteiger partial charge in [0.15, 0.2) is 11.1 Å². The Morgan fingerprint density at radius 1 is 1.33 bits per heavy atom. The van der Waals surface area contributed by atoms with Crippen molar-refractivity contribution in [2.24, 2.45) is 4.99 Å². The van der Waals surface area contributed by atoms with E-state index in [1.165, 1.54) is 4.70 Å². The van der Waals surface area contributed by atoms with Gasteiger partial charge in [0, 0.05) is 26.7 Å². The van der Waals surface area contributed by atoms with E-state index in [1.54, 1.807) is 24.5 Å². The molecule has 0 aliphatic rings. The third-order valence-electron chi connectivity index (χ3n) is 2.63. The normalized spacial score (nSPS) is 10.8. The summed E-state index contributed by atoms with van der Waals surface area (Å²) in [6.45, 7) is 5.92. The fraction of sp³-hybridized carbons (Fsp3) is 0.286. The molecule has 1 aromatic carbocycles. The van der Waals surface area contributed by atoms with Crippen molar-refractivity contribution in [2.75, 3.05) is 32.0 Å². The molecule has 5 nitrogen and oxygen atoms in total. The second-order valence-electron chi connectivity index (χ2n) is 4.08. The number of thiazole rings is 1. The van der Waals surface area contributed by atoms with E-state index in [1.807, 2.05) is 18.2 Å². The Labute approximate surface area is 146 Å². The number of hydrogen-bond acceptors (Lipinski definition) is 4. The summed E-state index contributed by atoms with van der Waals surface area (Å²) in [5.41, 5.74) is 1.04. The monoisotopic (exact) mass is 417 g/mol. The average Bonchev–Trinajstić information content (AvgIpc) is 2.89. The van der Waals surface area contributed by atoms with Crippen molar-refractivity contribution < 1.29 is 0 Å². The Morgan fingerprint density at radius 3 is 2.86 bits per heavy atom. The fourth-order valence-electron chi connectivity index (χ4n) is 1.69. The molecule has 1 heterocycles. The van der Waals surface area contributed by atoms with Crippen LogP contribution >= 0.6 is 35.3 Å². The molecule has 0 saturated heterocycles. The molecule has 0 unspecified atom stereocenters. The Bertz CT molecular complexity index is 563. The number of nitrogens with one attached hydrogen (secondary N) is 3. The number of guanidine groups is 1. The summed E-state index contributed by atoms with van der Waals surface area (Å²) in [4.78, 5) is 8.63. The summed E-state index contributed by atoms with van der Waals surface area (Å²) >= 11 is 1.67. The number of fused-ring (bicyclic) bond motifs is 1. The van der Waals surface area contributed by atoms with E-state index in [0.717, 1.165) is 29.7 Å². The number of nitrogens with zero attached hydrogens (tertiary/aromatic N) is 2. The van der Waals surface area contributed by atoms with Crippen LogP contribution in [0.15, 0.2) is 41.9 Å². The molecule has 1 aromatic heterocycles. The molecule has 0 aliphatic carbocycles. The van der Waals surface area contributed by atoms with Crippen molar-refractivity contribution in [1.29, 1.82) is 0 Å². The molecule has 0 atom stereocenters. The highest BCUT2D eigenvalue weighted by Crippen LogP contribution is 2.24. The van der Waals surface area contributed by atoms with Crippen molar-refractivity contribution in [1.82, 2.24) is 15.6 Å². The Balaban J connectivity index is 0.00000220. The van der Waals surface area contributed by atoms with Crippen LogP contribution in [0.2, 0.25) is 0 Å². The predicted molar refractivity (Wildman–Crippen MR) is 103 cm³/mol. The van der Waals surface area contributed by atoms with Crippen molar-refractivity contribution in [3.05, 3.63) is 36.9 Å². The van der Waals surface area contributed by atoms with Crippen molar-refractivity contribution in [3.8, 4) is 0 Å². The molecule has 114 valence electrons. The van der Waals surface area contributed by atoms with Gasteiger partial charge >= 0.3 is 0 Å². The highest BCUT2D eigenvalue weighted by molar-refractivity contribution is 14.0. The summed E-state index contributed by atoms with van der Waals surface area (Å²) in [5, 5.41) is 10.6. The van der Waals surface area contributed by atoms with Gasteiger partial charge in [-0.05, 0) is 12.1 Å². The molecular formula is C14H20IN5S. The molecule has 7 heteroatoms. The first-order valence-electron chi connectivity index (χ1n) is 6.48. The van der Waals surface area contributed by atoms with Crippen molar-refractivity contribution >= 4 is 56.6 Å². The third kappa shape index (κ3) is 5.50. The summed E-state index contributed by atoms with van der Waals surface area (Å²) in [6, 6.07) is 8.14. The van der Waals surface area contributed by atoms with Crippen molar-refractivity contribution in [2.45, 2.75) is 0 Å². The van der Waals surface area contributed by atoms with Gasteiger partial charge in [-0.15, -0.1) is 30.6 Å². The number of halogens is 1. The lowest BCUT2D eigenvalue weighted by Gasteiger charge is -2.10. The highest BCUT2D eigenvalue weighted by Gasteiger charge is 2.01. The van der Waals surface area contributed by atoms with Gasteiger partial charge in [-0.3, -0.25) is 4.99 Å². The topological polar surface area (TPSA) is 61.3 Å². The standard InChI is InChI=1S/C14H19N5S.HI/c1-3-8-16-13(15-2)17-9-10-18-14-19-11-6-4-5-7-12(11)20-14;/h3-7H,1,8-10H2,2H3,(H,18,19)(H2,15,16,17);1H. The van der Waals surface area contributed by atoms with Crippen LogP contribution in [0.1, 0.15) is 0 Å². The minimum Gasteiger partial charge on any atom is -0.360 e. The van der Waals surface area contributed by atoms with Gasteiger partial charge in [0.2, 0.25) is 0 Å². The quantitative estimate of drug-likeness (QED) is 0.222. The second kappa shape index (κ2) is 9.56. The third-order valence-corrected chi connectivity index (χ3v) is 3.62. The van der Waals surface area contributed by atoms with E-state index in [9.17, 15) is 0 Å². The molecule has 2 aromatic rings. The van der Waals surface area contributed by atoms with E-state index in [0.29, 0.717) is 6.54 Å². The number of rotatable bonds is 6. The van der Waals surface area contributed by atoms with E-state index in [2.05, 4.69) is 38.6 Å². The molecule has 0 fully saturated rings. The second-order valence-corrected chi connectivity index (χ2v) is 5.11. The minimum atomic E-state index is 0. The average molecular weight is 417 g/mol. The van der Waals surface area contributed by atoms with E-state index in [-0.39, 0.29) is 24.0 Å². The fourth-order valence-corrected chi connectivity index (χ4v) is 2.58. The van der Waals surface area contributed by atoms with Gasteiger partial charge < -0.3 is 16.0 Å². The van der Waals surface area contributed by atoms with Crippen LogP contribution in [0.5, 0.6) is 0 Å². The zero-order chi connectivity index (χ0) is 14.2. The van der Waals surface area contributed by atoms with Gasteiger partial charge in [-0.1, -0.05) is 29.5 Å². The molecule has 3 N–H and O–H groups in total. The minimum absolute atomic E-state index is 0. The molecule has 0 radical (unpaired) electrons. The first-order chi connectivity index (χ1) is 9.83. The molecule has 0 saturated carbocycles. The van der Waals surface area contributed by atoms with Gasteiger partial charge in [0.1, 0.15) is 0 Å². The van der Waals surface area contributed by atoms with Crippen LogP contribution in [0.25, 0.3) is 10.2 Å². The first kappa shape index (κ1) is 17.7.